The first-order valence-corrected chi connectivity index (χ1v) is 24.9. The first-order chi connectivity index (χ1) is 22.7. The Hall–Kier alpha value is -2.82. The summed E-state index contributed by atoms with van der Waals surface area (Å²) in [4.78, 5) is 2.67. The molecule has 0 bridgehead atoms. The quantitative estimate of drug-likeness (QED) is 0.124. The molecule has 0 unspecified atom stereocenters. The average Bonchev–Trinajstić information content (AvgIpc) is 3.93. The summed E-state index contributed by atoms with van der Waals surface area (Å²) in [5, 5.41) is 9.58. The van der Waals surface area contributed by atoms with Crippen molar-refractivity contribution in [2.75, 3.05) is 0 Å². The fourth-order valence-electron chi connectivity index (χ4n) is 5.36. The summed E-state index contributed by atoms with van der Waals surface area (Å²) in [5.74, 6) is 0. The fraction of sp³-hybridized carbons (Fsp3) is 0.0500. The van der Waals surface area contributed by atoms with Crippen LogP contribution in [-0.4, -0.2) is 9.52 Å². The molecule has 2 heterocycles. The van der Waals surface area contributed by atoms with E-state index in [2.05, 4.69) is 169 Å². The SMILES string of the molecule is C[Si]C.[Cl][Zr+2][Cl].c1ccc(-c2cc3c(-c4cccs4)cccc3[cH-]2)cc1.c1ccc(-c2cc3c(-c4cccs4)cccc3[cH-]2)cc1. The number of hydrogen-bond acceptors (Lipinski definition) is 2. The molecular weight excluding hydrogens is 735 g/mol. The van der Waals surface area contributed by atoms with Gasteiger partial charge in [-0.05, 0) is 34.0 Å². The second-order valence-electron chi connectivity index (χ2n) is 10.4. The number of hydrogen-bond donors (Lipinski definition) is 0. The van der Waals surface area contributed by atoms with Crippen molar-refractivity contribution in [1.82, 2.24) is 0 Å². The fourth-order valence-corrected chi connectivity index (χ4v) is 6.89. The Balaban J connectivity index is 0.000000155. The minimum absolute atomic E-state index is 0.826. The van der Waals surface area contributed by atoms with Crippen molar-refractivity contribution in [1.29, 1.82) is 0 Å². The molecule has 226 valence electrons. The van der Waals surface area contributed by atoms with Crippen molar-refractivity contribution in [2.24, 2.45) is 0 Å². The normalized spacial score (nSPS) is 10.2. The first kappa shape index (κ1) is 34.5. The van der Waals surface area contributed by atoms with Crippen molar-refractivity contribution in [2.45, 2.75) is 13.1 Å². The third-order valence-electron chi connectivity index (χ3n) is 7.29. The maximum Gasteiger partial charge on any atom is 0.0267 e. The second-order valence-corrected chi connectivity index (χ2v) is 17.0. The summed E-state index contributed by atoms with van der Waals surface area (Å²) in [6, 6.07) is 52.0. The molecule has 2 aromatic heterocycles. The molecule has 6 heteroatoms. The van der Waals surface area contributed by atoms with Gasteiger partial charge in [-0.15, -0.1) is 91.7 Å². The van der Waals surface area contributed by atoms with Crippen LogP contribution in [0.4, 0.5) is 0 Å². The van der Waals surface area contributed by atoms with Crippen LogP contribution in [0, 0.1) is 0 Å². The minimum atomic E-state index is -0.826. The molecule has 8 aromatic rings. The summed E-state index contributed by atoms with van der Waals surface area (Å²) >= 11 is 2.77. The van der Waals surface area contributed by atoms with E-state index in [9.17, 15) is 0 Å². The first-order valence-electron chi connectivity index (χ1n) is 14.8. The average molecular weight is 767 g/mol. The molecule has 0 saturated heterocycles. The third kappa shape index (κ3) is 8.75. The number of benzene rings is 4. The molecule has 0 nitrogen and oxygen atoms in total. The van der Waals surface area contributed by atoms with Gasteiger partial charge in [0.15, 0.2) is 0 Å². The van der Waals surface area contributed by atoms with E-state index in [4.69, 9.17) is 17.0 Å². The van der Waals surface area contributed by atoms with Crippen LogP contribution in [0.2, 0.25) is 13.1 Å². The molecule has 2 radical (unpaired) electrons. The van der Waals surface area contributed by atoms with Crippen molar-refractivity contribution in [3.8, 4) is 43.1 Å². The molecule has 8 rings (SSSR count). The van der Waals surface area contributed by atoms with Crippen molar-refractivity contribution in [3.05, 3.63) is 156 Å². The van der Waals surface area contributed by atoms with Gasteiger partial charge in [-0.3, -0.25) is 0 Å². The Labute approximate surface area is 301 Å². The maximum atomic E-state index is 4.93. The van der Waals surface area contributed by atoms with Gasteiger partial charge in [0.1, 0.15) is 0 Å². The number of rotatable bonds is 4. The molecule has 0 spiro atoms. The maximum absolute atomic E-state index is 4.93. The standard InChI is InChI=1S/2C19H13S.C2H6Si.2ClH.Zr/c2*1-2-6-14(7-3-1)16-12-15-8-4-9-17(18(15)13-16)19-10-5-11-20-19;1-3-2;;;/h2*1-13H;1-2H3;2*1H;/q2*-1;;;;+4/p-2. The topological polar surface area (TPSA) is 0 Å². The van der Waals surface area contributed by atoms with Gasteiger partial charge in [0, 0.05) is 19.3 Å². The van der Waals surface area contributed by atoms with E-state index in [0.717, 1.165) is 9.52 Å². The molecule has 0 aliphatic rings. The Bertz CT molecular complexity index is 1880. The van der Waals surface area contributed by atoms with Crippen LogP contribution in [0.5, 0.6) is 0 Å². The molecule has 0 saturated carbocycles. The molecule has 0 N–H and O–H groups in total. The smallest absolute Gasteiger partial charge is 0.0267 e. The van der Waals surface area contributed by atoms with Crippen molar-refractivity contribution in [3.63, 3.8) is 0 Å². The zero-order chi connectivity index (χ0) is 32.1. The number of fused-ring (bicyclic) bond motifs is 2. The van der Waals surface area contributed by atoms with E-state index in [-0.39, 0.29) is 0 Å². The summed E-state index contributed by atoms with van der Waals surface area (Å²) in [6.07, 6.45) is 0. The number of thiophene rings is 2. The van der Waals surface area contributed by atoms with E-state index >= 15 is 0 Å². The van der Waals surface area contributed by atoms with Crippen LogP contribution in [-0.2, 0) is 20.8 Å². The minimum Gasteiger partial charge on any atom is -0.145 e. The molecule has 0 aliphatic heterocycles. The van der Waals surface area contributed by atoms with Gasteiger partial charge < -0.3 is 0 Å². The van der Waals surface area contributed by atoms with Crippen molar-refractivity contribution >= 4 is 70.8 Å². The molecular formula is C40H32Cl2S2SiZr. The van der Waals surface area contributed by atoms with E-state index in [1.807, 2.05) is 0 Å². The van der Waals surface area contributed by atoms with Gasteiger partial charge in [0.25, 0.3) is 0 Å². The van der Waals surface area contributed by atoms with Gasteiger partial charge in [0.05, 0.1) is 0 Å². The molecule has 46 heavy (non-hydrogen) atoms. The third-order valence-corrected chi connectivity index (χ3v) is 9.10. The van der Waals surface area contributed by atoms with Gasteiger partial charge in [0.2, 0.25) is 0 Å². The van der Waals surface area contributed by atoms with Crippen LogP contribution in [0.15, 0.2) is 156 Å². The molecule has 0 aliphatic carbocycles. The van der Waals surface area contributed by atoms with Crippen LogP contribution >= 0.6 is 39.7 Å². The zero-order valence-electron chi connectivity index (χ0n) is 25.6. The van der Waals surface area contributed by atoms with E-state index in [1.165, 1.54) is 64.7 Å². The van der Waals surface area contributed by atoms with Gasteiger partial charge >= 0.3 is 37.9 Å². The second kappa shape index (κ2) is 17.9. The Morgan fingerprint density at radius 1 is 0.522 bits per heavy atom. The summed E-state index contributed by atoms with van der Waals surface area (Å²) in [5.41, 5.74) is 7.82. The van der Waals surface area contributed by atoms with Crippen LogP contribution < -0.4 is 0 Å². The van der Waals surface area contributed by atoms with E-state index in [1.54, 1.807) is 22.7 Å². The van der Waals surface area contributed by atoms with E-state index in [0.29, 0.717) is 0 Å². The summed E-state index contributed by atoms with van der Waals surface area (Å²) in [6.45, 7) is 4.31. The summed E-state index contributed by atoms with van der Waals surface area (Å²) in [7, 11) is 11.0. The Morgan fingerprint density at radius 2 is 0.913 bits per heavy atom. The Kier molecular flexibility index (Phi) is 13.4. The monoisotopic (exact) mass is 764 g/mol. The number of halogens is 2. The summed E-state index contributed by atoms with van der Waals surface area (Å²) < 4.78 is 0. The molecule has 0 amide bonds. The Morgan fingerprint density at radius 3 is 1.26 bits per heavy atom. The van der Waals surface area contributed by atoms with Gasteiger partial charge in [-0.2, -0.15) is 0 Å². The van der Waals surface area contributed by atoms with Crippen LogP contribution in [0.1, 0.15) is 0 Å². The zero-order valence-corrected chi connectivity index (χ0v) is 32.2. The van der Waals surface area contributed by atoms with Crippen LogP contribution in [0.25, 0.3) is 64.7 Å². The van der Waals surface area contributed by atoms with Gasteiger partial charge in [-0.1, -0.05) is 121 Å². The predicted molar refractivity (Wildman–Crippen MR) is 206 cm³/mol. The predicted octanol–water partition coefficient (Wildman–Crippen LogP) is 14.1. The van der Waals surface area contributed by atoms with Crippen LogP contribution in [0.3, 0.4) is 0 Å². The van der Waals surface area contributed by atoms with Gasteiger partial charge in [-0.25, -0.2) is 0 Å². The molecule has 0 fully saturated rings. The van der Waals surface area contributed by atoms with E-state index < -0.39 is 20.8 Å². The molecule has 0 atom stereocenters. The van der Waals surface area contributed by atoms with Crippen molar-refractivity contribution < 1.29 is 20.8 Å². The molecule has 6 aromatic carbocycles. The largest absolute Gasteiger partial charge is 0.145 e.